The molecule has 27 heavy (non-hydrogen) atoms. The van der Waals surface area contributed by atoms with E-state index in [0.717, 1.165) is 3.57 Å². The fraction of sp³-hybridized carbons (Fsp3) is 0.211. The maximum atomic E-state index is 12.8. The van der Waals surface area contributed by atoms with Crippen LogP contribution >= 0.6 is 34.8 Å². The molecule has 0 atom stereocenters. The van der Waals surface area contributed by atoms with Crippen molar-refractivity contribution in [2.45, 2.75) is 0 Å². The van der Waals surface area contributed by atoms with Crippen molar-refractivity contribution in [1.29, 1.82) is 0 Å². The van der Waals surface area contributed by atoms with Crippen molar-refractivity contribution in [3.8, 4) is 0 Å². The Bertz CT molecular complexity index is 869. The van der Waals surface area contributed by atoms with Gasteiger partial charge in [0.15, 0.2) is 5.11 Å². The molecule has 0 unspecified atom stereocenters. The Kier molecular flexibility index (Phi) is 6.75. The van der Waals surface area contributed by atoms with Crippen LogP contribution in [0.15, 0.2) is 48.5 Å². The van der Waals surface area contributed by atoms with E-state index >= 15 is 0 Å². The smallest absolute Gasteiger partial charge is 0.257 e. The van der Waals surface area contributed by atoms with E-state index in [0.29, 0.717) is 43.1 Å². The van der Waals surface area contributed by atoms with Crippen LogP contribution in [0.2, 0.25) is 0 Å². The number of nitrogens with one attached hydrogen (secondary N) is 2. The van der Waals surface area contributed by atoms with Crippen molar-refractivity contribution in [2.75, 3.05) is 31.6 Å². The molecule has 1 heterocycles. The Labute approximate surface area is 176 Å². The number of rotatable bonds is 3. The number of amides is 2. The monoisotopic (exact) mass is 495 g/mol. The summed E-state index contributed by atoms with van der Waals surface area (Å²) in [6.45, 7) is 2.18. The number of morpholine rings is 1. The van der Waals surface area contributed by atoms with Gasteiger partial charge in [-0.05, 0) is 65.1 Å². The lowest BCUT2D eigenvalue weighted by molar-refractivity contribution is 0.0303. The molecule has 6 nitrogen and oxygen atoms in total. The van der Waals surface area contributed by atoms with E-state index < -0.39 is 0 Å². The fourth-order valence-corrected chi connectivity index (χ4v) is 3.42. The normalized spacial score (nSPS) is 13.7. The summed E-state index contributed by atoms with van der Waals surface area (Å²) in [7, 11) is 0. The van der Waals surface area contributed by atoms with E-state index in [1.165, 1.54) is 0 Å². The molecule has 2 amide bonds. The highest BCUT2D eigenvalue weighted by Crippen LogP contribution is 2.18. The van der Waals surface area contributed by atoms with Crippen LogP contribution in [-0.2, 0) is 4.74 Å². The quantitative estimate of drug-likeness (QED) is 0.507. The molecule has 140 valence electrons. The number of nitrogens with zero attached hydrogens (tertiary/aromatic N) is 1. The number of hydrogen-bond donors (Lipinski definition) is 2. The molecule has 0 spiro atoms. The number of benzene rings is 2. The maximum absolute atomic E-state index is 12.8. The second-order valence-electron chi connectivity index (χ2n) is 5.87. The first-order valence-corrected chi connectivity index (χ1v) is 9.87. The third kappa shape index (κ3) is 5.24. The minimum Gasteiger partial charge on any atom is -0.378 e. The molecule has 1 saturated heterocycles. The number of carbonyl (C=O) groups excluding carboxylic acids is 2. The molecule has 2 aromatic rings. The van der Waals surface area contributed by atoms with Gasteiger partial charge in [0, 0.05) is 22.2 Å². The van der Waals surface area contributed by atoms with Gasteiger partial charge < -0.3 is 15.0 Å². The molecule has 0 saturated carbocycles. The van der Waals surface area contributed by atoms with E-state index in [-0.39, 0.29) is 16.9 Å². The maximum Gasteiger partial charge on any atom is 0.257 e. The molecule has 1 fully saturated rings. The topological polar surface area (TPSA) is 70.7 Å². The minimum atomic E-state index is -0.303. The summed E-state index contributed by atoms with van der Waals surface area (Å²) in [5.74, 6) is -0.392. The van der Waals surface area contributed by atoms with Crippen LogP contribution < -0.4 is 10.6 Å². The molecule has 0 aromatic heterocycles. The number of para-hydroxylation sites is 1. The van der Waals surface area contributed by atoms with Crippen molar-refractivity contribution in [3.63, 3.8) is 0 Å². The van der Waals surface area contributed by atoms with Crippen LogP contribution in [0.1, 0.15) is 20.7 Å². The van der Waals surface area contributed by atoms with Gasteiger partial charge in [-0.1, -0.05) is 18.2 Å². The summed E-state index contributed by atoms with van der Waals surface area (Å²) in [5.41, 5.74) is 1.58. The Morgan fingerprint density at radius 3 is 2.56 bits per heavy atom. The number of hydrogen-bond acceptors (Lipinski definition) is 4. The predicted molar refractivity (Wildman–Crippen MR) is 116 cm³/mol. The number of ether oxygens (including phenoxy) is 1. The minimum absolute atomic E-state index is 0.0897. The first-order chi connectivity index (χ1) is 13.0. The Balaban J connectivity index is 1.69. The van der Waals surface area contributed by atoms with Crippen molar-refractivity contribution >= 4 is 57.4 Å². The van der Waals surface area contributed by atoms with Crippen molar-refractivity contribution in [3.05, 3.63) is 63.2 Å². The molecule has 2 aromatic carbocycles. The third-order valence-electron chi connectivity index (χ3n) is 4.02. The molecule has 0 bridgehead atoms. The molecule has 0 radical (unpaired) electrons. The summed E-state index contributed by atoms with van der Waals surface area (Å²) in [4.78, 5) is 26.9. The number of halogens is 1. The molecule has 1 aliphatic rings. The van der Waals surface area contributed by atoms with E-state index in [4.69, 9.17) is 17.0 Å². The van der Waals surface area contributed by atoms with Crippen LogP contribution in [0.4, 0.5) is 5.69 Å². The SMILES string of the molecule is O=C(NC(=S)Nc1ccccc1C(=O)N1CCOCC1)c1cccc(I)c1. The van der Waals surface area contributed by atoms with Gasteiger partial charge in [0.2, 0.25) is 0 Å². The zero-order valence-corrected chi connectivity index (χ0v) is 17.4. The van der Waals surface area contributed by atoms with Crippen molar-refractivity contribution < 1.29 is 14.3 Å². The van der Waals surface area contributed by atoms with Gasteiger partial charge >= 0.3 is 0 Å². The molecular weight excluding hydrogens is 477 g/mol. The Morgan fingerprint density at radius 2 is 1.81 bits per heavy atom. The average molecular weight is 495 g/mol. The van der Waals surface area contributed by atoms with Crippen LogP contribution in [-0.4, -0.2) is 48.1 Å². The zero-order valence-electron chi connectivity index (χ0n) is 14.4. The van der Waals surface area contributed by atoms with Gasteiger partial charge in [-0.3, -0.25) is 14.9 Å². The largest absolute Gasteiger partial charge is 0.378 e. The molecule has 2 N–H and O–H groups in total. The lowest BCUT2D eigenvalue weighted by Crippen LogP contribution is -2.41. The summed E-state index contributed by atoms with van der Waals surface area (Å²) in [6.07, 6.45) is 0. The zero-order chi connectivity index (χ0) is 19.2. The highest BCUT2D eigenvalue weighted by molar-refractivity contribution is 14.1. The van der Waals surface area contributed by atoms with E-state index in [1.54, 1.807) is 35.2 Å². The highest BCUT2D eigenvalue weighted by Gasteiger charge is 2.21. The van der Waals surface area contributed by atoms with Crippen LogP contribution in [0, 0.1) is 3.57 Å². The van der Waals surface area contributed by atoms with Crippen LogP contribution in [0.3, 0.4) is 0 Å². The molecule has 8 heteroatoms. The number of thiocarbonyl (C=S) groups is 1. The molecular formula is C19H18IN3O3S. The van der Waals surface area contributed by atoms with E-state index in [9.17, 15) is 9.59 Å². The van der Waals surface area contributed by atoms with Gasteiger partial charge in [-0.15, -0.1) is 0 Å². The number of carbonyl (C=O) groups is 2. The Morgan fingerprint density at radius 1 is 1.07 bits per heavy atom. The third-order valence-corrected chi connectivity index (χ3v) is 4.89. The van der Waals surface area contributed by atoms with Gasteiger partial charge in [-0.2, -0.15) is 0 Å². The lowest BCUT2D eigenvalue weighted by atomic mass is 10.1. The first kappa shape index (κ1) is 19.7. The summed E-state index contributed by atoms with van der Waals surface area (Å²) in [5, 5.41) is 5.76. The van der Waals surface area contributed by atoms with Gasteiger partial charge in [-0.25, -0.2) is 0 Å². The molecule has 0 aliphatic carbocycles. The van der Waals surface area contributed by atoms with Crippen molar-refractivity contribution in [2.24, 2.45) is 0 Å². The summed E-state index contributed by atoms with van der Waals surface area (Å²) < 4.78 is 6.26. The van der Waals surface area contributed by atoms with Gasteiger partial charge in [0.05, 0.1) is 24.5 Å². The second kappa shape index (κ2) is 9.25. The van der Waals surface area contributed by atoms with Crippen LogP contribution in [0.5, 0.6) is 0 Å². The predicted octanol–water partition coefficient (Wildman–Crippen LogP) is 2.89. The second-order valence-corrected chi connectivity index (χ2v) is 7.52. The lowest BCUT2D eigenvalue weighted by Gasteiger charge is -2.27. The van der Waals surface area contributed by atoms with E-state index in [1.807, 2.05) is 18.2 Å². The van der Waals surface area contributed by atoms with Crippen LogP contribution in [0.25, 0.3) is 0 Å². The molecule has 3 rings (SSSR count). The standard InChI is InChI=1S/C19H18IN3O3S/c20-14-5-3-4-13(12-14)17(24)22-19(27)21-16-7-2-1-6-15(16)18(25)23-8-10-26-11-9-23/h1-7,12H,8-11H2,(H2,21,22,24,27). The highest BCUT2D eigenvalue weighted by atomic mass is 127. The Hall–Kier alpha value is -2.04. The first-order valence-electron chi connectivity index (χ1n) is 8.38. The van der Waals surface area contributed by atoms with E-state index in [2.05, 4.69) is 33.2 Å². The fourth-order valence-electron chi connectivity index (χ4n) is 2.67. The summed E-state index contributed by atoms with van der Waals surface area (Å²) >= 11 is 7.40. The summed E-state index contributed by atoms with van der Waals surface area (Å²) in [6, 6.07) is 14.3. The van der Waals surface area contributed by atoms with Crippen molar-refractivity contribution in [1.82, 2.24) is 10.2 Å². The van der Waals surface area contributed by atoms with Gasteiger partial charge in [0.1, 0.15) is 0 Å². The molecule has 1 aliphatic heterocycles. The number of anilines is 1. The van der Waals surface area contributed by atoms with Gasteiger partial charge in [0.25, 0.3) is 11.8 Å². The average Bonchev–Trinajstić information content (AvgIpc) is 2.68.